The smallest absolute Gasteiger partial charge is 0.134 e. The molecular weight excluding hydrogens is 254 g/mol. The van der Waals surface area contributed by atoms with Gasteiger partial charge in [0.25, 0.3) is 0 Å². The lowest BCUT2D eigenvalue weighted by atomic mass is 10.1. The number of nitrogens with one attached hydrogen (secondary N) is 1. The lowest BCUT2D eigenvalue weighted by molar-refractivity contribution is 0.0764. The predicted molar refractivity (Wildman–Crippen MR) is 81.7 cm³/mol. The van der Waals surface area contributed by atoms with Gasteiger partial charge in [0.2, 0.25) is 0 Å². The summed E-state index contributed by atoms with van der Waals surface area (Å²) in [6, 6.07) is 7.68. The highest BCUT2D eigenvalue weighted by Gasteiger charge is 2.15. The quantitative estimate of drug-likeness (QED) is 0.795. The molecule has 0 heterocycles. The molecule has 4 heteroatoms. The SMILES string of the molecule is CCOc1ccc(OC(CNC(C)(C)C)COC)cc1. The van der Waals surface area contributed by atoms with Crippen LogP contribution in [-0.4, -0.2) is 38.5 Å². The topological polar surface area (TPSA) is 39.7 Å². The summed E-state index contributed by atoms with van der Waals surface area (Å²) < 4.78 is 16.6. The van der Waals surface area contributed by atoms with Crippen LogP contribution in [0, 0.1) is 0 Å². The fraction of sp³-hybridized carbons (Fsp3) is 0.625. The molecule has 1 unspecified atom stereocenters. The summed E-state index contributed by atoms with van der Waals surface area (Å²) in [6.45, 7) is 10.3. The minimum Gasteiger partial charge on any atom is -0.494 e. The first kappa shape index (κ1) is 16.8. The zero-order valence-electron chi connectivity index (χ0n) is 13.2. The molecule has 0 fully saturated rings. The largest absolute Gasteiger partial charge is 0.494 e. The molecule has 4 nitrogen and oxygen atoms in total. The first-order valence-electron chi connectivity index (χ1n) is 7.08. The van der Waals surface area contributed by atoms with E-state index in [1.165, 1.54) is 0 Å². The fourth-order valence-electron chi connectivity index (χ4n) is 1.71. The average Bonchev–Trinajstić information content (AvgIpc) is 2.38. The van der Waals surface area contributed by atoms with Crippen LogP contribution >= 0.6 is 0 Å². The summed E-state index contributed by atoms with van der Waals surface area (Å²) in [5, 5.41) is 3.43. The van der Waals surface area contributed by atoms with E-state index < -0.39 is 0 Å². The van der Waals surface area contributed by atoms with E-state index in [4.69, 9.17) is 14.2 Å². The van der Waals surface area contributed by atoms with E-state index in [-0.39, 0.29) is 11.6 Å². The van der Waals surface area contributed by atoms with E-state index in [9.17, 15) is 0 Å². The third-order valence-electron chi connectivity index (χ3n) is 2.65. The van der Waals surface area contributed by atoms with E-state index >= 15 is 0 Å². The first-order chi connectivity index (χ1) is 9.44. The Morgan fingerprint density at radius 2 is 1.70 bits per heavy atom. The number of hydrogen-bond donors (Lipinski definition) is 1. The number of rotatable bonds is 8. The zero-order valence-corrected chi connectivity index (χ0v) is 13.2. The van der Waals surface area contributed by atoms with E-state index in [2.05, 4.69) is 26.1 Å². The molecule has 0 bridgehead atoms. The van der Waals surface area contributed by atoms with Gasteiger partial charge >= 0.3 is 0 Å². The van der Waals surface area contributed by atoms with Gasteiger partial charge < -0.3 is 19.5 Å². The van der Waals surface area contributed by atoms with Crippen LogP contribution in [0.4, 0.5) is 0 Å². The molecule has 0 radical (unpaired) electrons. The molecule has 1 aromatic carbocycles. The van der Waals surface area contributed by atoms with Gasteiger partial charge in [0.15, 0.2) is 0 Å². The molecule has 0 aliphatic rings. The Morgan fingerprint density at radius 1 is 1.10 bits per heavy atom. The Morgan fingerprint density at radius 3 is 2.20 bits per heavy atom. The Labute approximate surface area is 122 Å². The molecule has 0 aromatic heterocycles. The summed E-state index contributed by atoms with van der Waals surface area (Å²) in [5.74, 6) is 1.68. The van der Waals surface area contributed by atoms with Crippen LogP contribution in [0.25, 0.3) is 0 Å². The van der Waals surface area contributed by atoms with Gasteiger partial charge in [-0.2, -0.15) is 0 Å². The number of hydrogen-bond acceptors (Lipinski definition) is 4. The summed E-state index contributed by atoms with van der Waals surface area (Å²) >= 11 is 0. The minimum absolute atomic E-state index is 0.0165. The van der Waals surface area contributed by atoms with Crippen LogP contribution in [0.2, 0.25) is 0 Å². The van der Waals surface area contributed by atoms with Gasteiger partial charge in [-0.05, 0) is 52.0 Å². The van der Waals surface area contributed by atoms with Gasteiger partial charge in [0.05, 0.1) is 13.2 Å². The highest BCUT2D eigenvalue weighted by atomic mass is 16.5. The van der Waals surface area contributed by atoms with Crippen molar-refractivity contribution < 1.29 is 14.2 Å². The molecule has 114 valence electrons. The fourth-order valence-corrected chi connectivity index (χ4v) is 1.71. The van der Waals surface area contributed by atoms with E-state index in [0.29, 0.717) is 13.2 Å². The van der Waals surface area contributed by atoms with Crippen LogP contribution in [0.5, 0.6) is 11.5 Å². The molecular formula is C16H27NO3. The van der Waals surface area contributed by atoms with Crippen molar-refractivity contribution in [2.24, 2.45) is 0 Å². The monoisotopic (exact) mass is 281 g/mol. The lowest BCUT2D eigenvalue weighted by Gasteiger charge is -2.25. The molecule has 0 amide bonds. The maximum absolute atomic E-state index is 5.94. The number of ether oxygens (including phenoxy) is 3. The molecule has 0 spiro atoms. The third kappa shape index (κ3) is 6.78. The number of methoxy groups -OCH3 is 1. The summed E-state index contributed by atoms with van der Waals surface area (Å²) in [5.41, 5.74) is 0.0637. The average molecular weight is 281 g/mol. The Bertz CT molecular complexity index is 370. The highest BCUT2D eigenvalue weighted by Crippen LogP contribution is 2.18. The van der Waals surface area contributed by atoms with Gasteiger partial charge in [-0.25, -0.2) is 0 Å². The van der Waals surface area contributed by atoms with Gasteiger partial charge in [-0.3, -0.25) is 0 Å². The predicted octanol–water partition coefficient (Wildman–Crippen LogP) is 2.87. The summed E-state index contributed by atoms with van der Waals surface area (Å²) in [7, 11) is 1.69. The normalized spacial score (nSPS) is 13.1. The molecule has 1 aromatic rings. The summed E-state index contributed by atoms with van der Waals surface area (Å²) in [6.07, 6.45) is -0.0165. The minimum atomic E-state index is -0.0165. The maximum atomic E-state index is 5.94. The van der Waals surface area contributed by atoms with Gasteiger partial charge in [-0.15, -0.1) is 0 Å². The lowest BCUT2D eigenvalue weighted by Crippen LogP contribution is -2.44. The van der Waals surface area contributed by atoms with Crippen molar-refractivity contribution in [3.05, 3.63) is 24.3 Å². The first-order valence-corrected chi connectivity index (χ1v) is 7.08. The molecule has 0 saturated heterocycles. The molecule has 1 atom stereocenters. The maximum Gasteiger partial charge on any atom is 0.134 e. The van der Waals surface area contributed by atoms with Crippen molar-refractivity contribution in [2.75, 3.05) is 26.9 Å². The van der Waals surface area contributed by atoms with Crippen LogP contribution in [0.1, 0.15) is 27.7 Å². The van der Waals surface area contributed by atoms with Crippen molar-refractivity contribution in [3.63, 3.8) is 0 Å². The highest BCUT2D eigenvalue weighted by molar-refractivity contribution is 5.31. The van der Waals surface area contributed by atoms with E-state index in [1.54, 1.807) is 7.11 Å². The van der Waals surface area contributed by atoms with Crippen LogP contribution in [-0.2, 0) is 4.74 Å². The Kier molecular flexibility index (Phi) is 6.82. The van der Waals surface area contributed by atoms with Crippen molar-refractivity contribution in [1.29, 1.82) is 0 Å². The van der Waals surface area contributed by atoms with Gasteiger partial charge in [0, 0.05) is 19.2 Å². The van der Waals surface area contributed by atoms with Crippen LogP contribution < -0.4 is 14.8 Å². The van der Waals surface area contributed by atoms with Gasteiger partial charge in [-0.1, -0.05) is 0 Å². The molecule has 0 aliphatic carbocycles. The molecule has 0 saturated carbocycles. The third-order valence-corrected chi connectivity index (χ3v) is 2.65. The van der Waals surface area contributed by atoms with Crippen molar-refractivity contribution in [2.45, 2.75) is 39.3 Å². The molecule has 0 aliphatic heterocycles. The van der Waals surface area contributed by atoms with E-state index in [0.717, 1.165) is 18.0 Å². The molecule has 20 heavy (non-hydrogen) atoms. The van der Waals surface area contributed by atoms with Crippen molar-refractivity contribution >= 4 is 0 Å². The summed E-state index contributed by atoms with van der Waals surface area (Å²) in [4.78, 5) is 0. The second-order valence-corrected chi connectivity index (χ2v) is 5.73. The van der Waals surface area contributed by atoms with Crippen LogP contribution in [0.3, 0.4) is 0 Å². The zero-order chi connectivity index (χ0) is 15.0. The second kappa shape index (κ2) is 8.12. The van der Waals surface area contributed by atoms with E-state index in [1.807, 2.05) is 31.2 Å². The number of benzene rings is 1. The van der Waals surface area contributed by atoms with Crippen molar-refractivity contribution in [1.82, 2.24) is 5.32 Å². The Hall–Kier alpha value is -1.26. The second-order valence-electron chi connectivity index (χ2n) is 5.73. The van der Waals surface area contributed by atoms with Crippen LogP contribution in [0.15, 0.2) is 24.3 Å². The standard InChI is InChI=1S/C16H27NO3/c1-6-19-13-7-9-14(10-8-13)20-15(12-18-5)11-17-16(2,3)4/h7-10,15,17H,6,11-12H2,1-5H3. The molecule has 1 N–H and O–H groups in total. The van der Waals surface area contributed by atoms with Crippen molar-refractivity contribution in [3.8, 4) is 11.5 Å². The van der Waals surface area contributed by atoms with Gasteiger partial charge in [0.1, 0.15) is 17.6 Å². The Balaban J connectivity index is 2.55. The molecule has 1 rings (SSSR count).